The summed E-state index contributed by atoms with van der Waals surface area (Å²) in [5.74, 6) is 0.607. The monoisotopic (exact) mass is 530 g/mol. The van der Waals surface area contributed by atoms with E-state index in [4.69, 9.17) is 9.47 Å². The van der Waals surface area contributed by atoms with E-state index in [1.807, 2.05) is 23.2 Å². The maximum absolute atomic E-state index is 14.0. The summed E-state index contributed by atoms with van der Waals surface area (Å²) in [5.41, 5.74) is 2.51. The summed E-state index contributed by atoms with van der Waals surface area (Å²) in [5, 5.41) is 3.45. The van der Waals surface area contributed by atoms with Crippen LogP contribution in [0.4, 0.5) is 0 Å². The van der Waals surface area contributed by atoms with Crippen molar-refractivity contribution in [2.45, 2.75) is 50.6 Å². The Hall–Kier alpha value is -2.40. The Morgan fingerprint density at radius 1 is 1.11 bits per heavy atom. The van der Waals surface area contributed by atoms with Crippen molar-refractivity contribution in [1.82, 2.24) is 19.1 Å². The number of piperidine rings is 1. The van der Waals surface area contributed by atoms with Gasteiger partial charge in [-0.25, -0.2) is 8.42 Å². The molecule has 0 saturated carbocycles. The zero-order valence-corrected chi connectivity index (χ0v) is 22.8. The van der Waals surface area contributed by atoms with E-state index < -0.39 is 16.1 Å². The molecule has 1 spiro atoms. The number of carbonyl (C=O) groups is 1. The zero-order valence-electron chi connectivity index (χ0n) is 22.0. The minimum atomic E-state index is -3.82. The van der Waals surface area contributed by atoms with Crippen LogP contribution in [0, 0.1) is 19.3 Å². The van der Waals surface area contributed by atoms with E-state index in [1.54, 1.807) is 33.1 Å². The lowest BCUT2D eigenvalue weighted by atomic mass is 9.78. The van der Waals surface area contributed by atoms with E-state index in [0.717, 1.165) is 44.7 Å². The summed E-state index contributed by atoms with van der Waals surface area (Å²) < 4.78 is 42.8. The summed E-state index contributed by atoms with van der Waals surface area (Å²) in [6, 6.07) is 6.85. The number of aromatic nitrogens is 1. The molecule has 4 heterocycles. The molecule has 2 aromatic rings. The molecular weight excluding hydrogens is 492 g/mol. The fourth-order valence-corrected chi connectivity index (χ4v) is 8.25. The molecular formula is C27H38N4O5S. The van der Waals surface area contributed by atoms with Crippen molar-refractivity contribution in [1.29, 1.82) is 0 Å². The van der Waals surface area contributed by atoms with Gasteiger partial charge in [0.2, 0.25) is 15.9 Å². The maximum Gasteiger partial charge on any atom is 0.248 e. The second kappa shape index (κ2) is 10.4. The number of nitrogens with one attached hydrogen (secondary N) is 1. The van der Waals surface area contributed by atoms with Gasteiger partial charge >= 0.3 is 0 Å². The lowest BCUT2D eigenvalue weighted by molar-refractivity contribution is -0.138. The molecule has 0 bridgehead atoms. The largest absolute Gasteiger partial charge is 0.497 e. The van der Waals surface area contributed by atoms with Gasteiger partial charge in [-0.2, -0.15) is 4.31 Å². The second-order valence-corrected chi connectivity index (χ2v) is 12.5. The Balaban J connectivity index is 1.29. The molecule has 0 aliphatic carbocycles. The minimum Gasteiger partial charge on any atom is -0.497 e. The first kappa shape index (κ1) is 26.2. The molecule has 2 fully saturated rings. The first-order chi connectivity index (χ1) is 17.7. The number of fused-ring (bicyclic) bond motifs is 1. The van der Waals surface area contributed by atoms with Crippen LogP contribution < -0.4 is 10.1 Å². The number of rotatable bonds is 7. The number of hydrogen-bond donors (Lipinski definition) is 1. The van der Waals surface area contributed by atoms with Gasteiger partial charge in [-0.15, -0.1) is 0 Å². The van der Waals surface area contributed by atoms with E-state index >= 15 is 0 Å². The minimum absolute atomic E-state index is 0.0248. The third kappa shape index (κ3) is 5.04. The van der Waals surface area contributed by atoms with Crippen LogP contribution in [-0.4, -0.2) is 81.1 Å². The SMILES string of the molecule is COc1cc(C)c(S(=O)(=O)N2CCn3cccc3C2COCC(=O)N2CCC3(CCNC3)CC2)c(C)c1. The molecule has 0 radical (unpaired) electrons. The van der Waals surface area contributed by atoms with E-state index in [-0.39, 0.29) is 19.1 Å². The number of hydrogen-bond acceptors (Lipinski definition) is 6. The molecule has 1 N–H and O–H groups in total. The highest BCUT2D eigenvalue weighted by Gasteiger charge is 2.40. The van der Waals surface area contributed by atoms with Gasteiger partial charge in [-0.05, 0) is 80.5 Å². The van der Waals surface area contributed by atoms with E-state index in [2.05, 4.69) is 9.88 Å². The maximum atomic E-state index is 14.0. The third-order valence-corrected chi connectivity index (χ3v) is 10.6. The summed E-state index contributed by atoms with van der Waals surface area (Å²) in [4.78, 5) is 15.1. The highest BCUT2D eigenvalue weighted by molar-refractivity contribution is 7.89. The van der Waals surface area contributed by atoms with Crippen LogP contribution in [0.2, 0.25) is 0 Å². The average Bonchev–Trinajstić information content (AvgIpc) is 3.53. The first-order valence-corrected chi connectivity index (χ1v) is 14.6. The van der Waals surface area contributed by atoms with Gasteiger partial charge in [-0.1, -0.05) is 0 Å². The van der Waals surface area contributed by atoms with Gasteiger partial charge in [0.15, 0.2) is 0 Å². The molecule has 10 heteroatoms. The van der Waals surface area contributed by atoms with Crippen LogP contribution in [0.5, 0.6) is 5.75 Å². The topological polar surface area (TPSA) is 93.1 Å². The third-order valence-electron chi connectivity index (χ3n) is 8.36. The number of benzene rings is 1. The van der Waals surface area contributed by atoms with Crippen molar-refractivity contribution in [3.63, 3.8) is 0 Å². The van der Waals surface area contributed by atoms with Crippen LogP contribution >= 0.6 is 0 Å². The van der Waals surface area contributed by atoms with Crippen LogP contribution in [0.3, 0.4) is 0 Å². The van der Waals surface area contributed by atoms with Gasteiger partial charge in [0.1, 0.15) is 12.4 Å². The van der Waals surface area contributed by atoms with Crippen molar-refractivity contribution in [3.8, 4) is 5.75 Å². The normalized spacial score (nSPS) is 21.8. The Morgan fingerprint density at radius 2 is 1.84 bits per heavy atom. The summed E-state index contributed by atoms with van der Waals surface area (Å²) in [6.07, 6.45) is 5.19. The Labute approximate surface area is 219 Å². The fourth-order valence-electron chi connectivity index (χ4n) is 6.25. The van der Waals surface area contributed by atoms with Crippen LogP contribution in [-0.2, 0) is 26.1 Å². The zero-order chi connectivity index (χ0) is 26.2. The van der Waals surface area contributed by atoms with Gasteiger partial charge in [0, 0.05) is 44.6 Å². The van der Waals surface area contributed by atoms with Crippen molar-refractivity contribution in [3.05, 3.63) is 47.3 Å². The molecule has 1 aromatic heterocycles. The Bertz CT molecular complexity index is 1220. The smallest absolute Gasteiger partial charge is 0.248 e. The van der Waals surface area contributed by atoms with Gasteiger partial charge in [0.25, 0.3) is 0 Å². The molecule has 1 atom stereocenters. The average molecular weight is 531 g/mol. The van der Waals surface area contributed by atoms with E-state index in [0.29, 0.717) is 40.3 Å². The number of methoxy groups -OCH3 is 1. The number of sulfonamides is 1. The predicted octanol–water partition coefficient (Wildman–Crippen LogP) is 2.48. The molecule has 37 heavy (non-hydrogen) atoms. The van der Waals surface area contributed by atoms with E-state index in [9.17, 15) is 13.2 Å². The highest BCUT2D eigenvalue weighted by atomic mass is 32.2. The van der Waals surface area contributed by atoms with Gasteiger partial charge < -0.3 is 24.3 Å². The van der Waals surface area contributed by atoms with Crippen molar-refractivity contribution in [2.24, 2.45) is 5.41 Å². The van der Waals surface area contributed by atoms with Crippen LogP contribution in [0.25, 0.3) is 0 Å². The molecule has 1 amide bonds. The van der Waals surface area contributed by atoms with Crippen LogP contribution in [0.1, 0.15) is 42.1 Å². The number of carbonyl (C=O) groups excluding carboxylic acids is 1. The summed E-state index contributed by atoms with van der Waals surface area (Å²) >= 11 is 0. The standard InChI is InChI=1S/C27H38N4O5S/c1-20-15-22(35-3)16-21(2)26(20)37(33,34)31-14-13-29-10-4-5-23(29)24(31)17-36-18-25(32)30-11-7-27(8-12-30)6-9-28-19-27/h4-5,10,15-16,24,28H,6-9,11-14,17-19H2,1-3H3. The second-order valence-electron chi connectivity index (χ2n) is 10.7. The molecule has 1 unspecified atom stereocenters. The van der Waals surface area contributed by atoms with Gasteiger partial charge in [0.05, 0.1) is 24.7 Å². The predicted molar refractivity (Wildman–Crippen MR) is 140 cm³/mol. The van der Waals surface area contributed by atoms with Crippen molar-refractivity contribution in [2.75, 3.05) is 53.0 Å². The Kier molecular flexibility index (Phi) is 7.37. The number of likely N-dealkylation sites (tertiary alicyclic amines) is 1. The quantitative estimate of drug-likeness (QED) is 0.591. The van der Waals surface area contributed by atoms with Crippen molar-refractivity contribution >= 4 is 15.9 Å². The lowest BCUT2D eigenvalue weighted by Gasteiger charge is -2.39. The molecule has 3 aliphatic rings. The molecule has 1 aromatic carbocycles. The molecule has 9 nitrogen and oxygen atoms in total. The summed E-state index contributed by atoms with van der Waals surface area (Å²) in [6.45, 7) is 8.18. The Morgan fingerprint density at radius 3 is 2.49 bits per heavy atom. The van der Waals surface area contributed by atoms with Gasteiger partial charge in [-0.3, -0.25) is 4.79 Å². The first-order valence-electron chi connectivity index (χ1n) is 13.1. The fraction of sp³-hybridized carbons (Fsp3) is 0.593. The number of nitrogens with zero attached hydrogens (tertiary/aromatic N) is 3. The van der Waals surface area contributed by atoms with E-state index in [1.165, 1.54) is 10.7 Å². The number of ether oxygens (including phenoxy) is 2. The lowest BCUT2D eigenvalue weighted by Crippen LogP contribution is -2.46. The molecule has 5 rings (SSSR count). The number of aryl methyl sites for hydroxylation is 2. The highest BCUT2D eigenvalue weighted by Crippen LogP contribution is 2.37. The number of amides is 1. The van der Waals surface area contributed by atoms with Crippen LogP contribution in [0.15, 0.2) is 35.4 Å². The molecule has 202 valence electrons. The molecule has 2 saturated heterocycles. The summed E-state index contributed by atoms with van der Waals surface area (Å²) in [7, 11) is -2.25. The van der Waals surface area contributed by atoms with Crippen molar-refractivity contribution < 1.29 is 22.7 Å². The molecule has 3 aliphatic heterocycles.